The van der Waals surface area contributed by atoms with Crippen LogP contribution in [0.3, 0.4) is 0 Å². The van der Waals surface area contributed by atoms with Crippen LogP contribution < -0.4 is 10.6 Å². The number of nitrogens with one attached hydrogen (secondary N) is 2. The van der Waals surface area contributed by atoms with E-state index in [1.54, 1.807) is 0 Å². The van der Waals surface area contributed by atoms with Crippen molar-refractivity contribution >= 4 is 11.8 Å². The maximum atomic E-state index is 12.4. The fourth-order valence-corrected chi connectivity index (χ4v) is 3.16. The molecule has 2 atom stereocenters. The first kappa shape index (κ1) is 16.2. The van der Waals surface area contributed by atoms with Crippen molar-refractivity contribution in [2.75, 3.05) is 32.8 Å². The summed E-state index contributed by atoms with van der Waals surface area (Å²) in [7, 11) is 0. The molecule has 2 amide bonds. The van der Waals surface area contributed by atoms with Gasteiger partial charge in [-0.2, -0.15) is 0 Å². The first-order valence-electron chi connectivity index (χ1n) is 8.04. The Morgan fingerprint density at radius 2 is 2.00 bits per heavy atom. The highest BCUT2D eigenvalue weighted by molar-refractivity contribution is 5.83. The van der Waals surface area contributed by atoms with Gasteiger partial charge in [0.05, 0.1) is 6.04 Å². The summed E-state index contributed by atoms with van der Waals surface area (Å²) >= 11 is 0. The molecule has 2 unspecified atom stereocenters. The van der Waals surface area contributed by atoms with Crippen LogP contribution in [0.2, 0.25) is 0 Å². The minimum atomic E-state index is -0.0417. The second kappa shape index (κ2) is 7.75. The molecular weight excluding hydrogens is 270 g/mol. The number of likely N-dealkylation sites (tertiary alicyclic amines) is 1. The highest BCUT2D eigenvalue weighted by Crippen LogP contribution is 2.22. The molecular formula is C15H27N3O3. The number of amides is 2. The fraction of sp³-hybridized carbons (Fsp3) is 0.867. The third kappa shape index (κ3) is 4.17. The summed E-state index contributed by atoms with van der Waals surface area (Å²) in [6.07, 6.45) is 3.12. The number of carbonyl (C=O) groups is 2. The molecule has 2 aliphatic rings. The lowest BCUT2D eigenvalue weighted by atomic mass is 9.94. The van der Waals surface area contributed by atoms with E-state index < -0.39 is 0 Å². The van der Waals surface area contributed by atoms with Gasteiger partial charge in [0, 0.05) is 32.2 Å². The lowest BCUT2D eigenvalue weighted by Gasteiger charge is -2.33. The summed E-state index contributed by atoms with van der Waals surface area (Å²) in [5.41, 5.74) is 0. The Hall–Kier alpha value is -1.14. The smallest absolute Gasteiger partial charge is 0.239 e. The molecule has 0 aliphatic carbocycles. The van der Waals surface area contributed by atoms with Gasteiger partial charge in [-0.05, 0) is 38.1 Å². The molecule has 6 heteroatoms. The number of nitrogens with zero attached hydrogens (tertiary/aromatic N) is 1. The Morgan fingerprint density at radius 3 is 2.57 bits per heavy atom. The Kier molecular flexibility index (Phi) is 5.99. The van der Waals surface area contributed by atoms with E-state index in [4.69, 9.17) is 5.11 Å². The number of aliphatic hydroxyl groups excluding tert-OH is 1. The van der Waals surface area contributed by atoms with Crippen molar-refractivity contribution < 1.29 is 14.7 Å². The van der Waals surface area contributed by atoms with Crippen LogP contribution in [-0.4, -0.2) is 60.6 Å². The standard InChI is InChI=1S/C15H27N3O3/c1-11-3-7-16-13(11)15(21)18-8-4-12(5-9-18)14(20)17-6-2-10-19/h11-13,16,19H,2-10H2,1H3,(H,17,20). The average molecular weight is 297 g/mol. The van der Waals surface area contributed by atoms with E-state index in [9.17, 15) is 9.59 Å². The molecule has 6 nitrogen and oxygen atoms in total. The number of aliphatic hydroxyl groups is 1. The molecule has 21 heavy (non-hydrogen) atoms. The van der Waals surface area contributed by atoms with Crippen molar-refractivity contribution in [1.82, 2.24) is 15.5 Å². The zero-order chi connectivity index (χ0) is 15.2. The molecule has 3 N–H and O–H groups in total. The van der Waals surface area contributed by atoms with Crippen molar-refractivity contribution in [3.63, 3.8) is 0 Å². The summed E-state index contributed by atoms with van der Waals surface area (Å²) in [6, 6.07) is -0.0417. The third-order valence-electron chi connectivity index (χ3n) is 4.61. The van der Waals surface area contributed by atoms with Gasteiger partial charge in [-0.1, -0.05) is 6.92 Å². The number of hydrogen-bond donors (Lipinski definition) is 3. The molecule has 0 aromatic rings. The maximum Gasteiger partial charge on any atom is 0.239 e. The second-order valence-corrected chi connectivity index (χ2v) is 6.17. The van der Waals surface area contributed by atoms with Gasteiger partial charge in [0.15, 0.2) is 0 Å². The summed E-state index contributed by atoms with van der Waals surface area (Å²) in [4.78, 5) is 26.3. The molecule has 2 saturated heterocycles. The van der Waals surface area contributed by atoms with E-state index in [1.807, 2.05) is 4.90 Å². The molecule has 0 spiro atoms. The average Bonchev–Trinajstić information content (AvgIpc) is 2.93. The number of hydrogen-bond acceptors (Lipinski definition) is 4. The van der Waals surface area contributed by atoms with Gasteiger partial charge in [-0.15, -0.1) is 0 Å². The number of carbonyl (C=O) groups excluding carboxylic acids is 2. The highest BCUT2D eigenvalue weighted by Gasteiger charge is 2.35. The summed E-state index contributed by atoms with van der Waals surface area (Å²) in [6.45, 7) is 4.99. The molecule has 2 fully saturated rings. The van der Waals surface area contributed by atoms with Gasteiger partial charge in [-0.3, -0.25) is 9.59 Å². The largest absolute Gasteiger partial charge is 0.396 e. The first-order chi connectivity index (χ1) is 10.1. The predicted molar refractivity (Wildman–Crippen MR) is 79.6 cm³/mol. The van der Waals surface area contributed by atoms with Gasteiger partial charge in [0.1, 0.15) is 0 Å². The predicted octanol–water partition coefficient (Wildman–Crippen LogP) is -0.278. The quantitative estimate of drug-likeness (QED) is 0.610. The lowest BCUT2D eigenvalue weighted by molar-refractivity contribution is -0.137. The summed E-state index contributed by atoms with van der Waals surface area (Å²) in [5.74, 6) is 0.653. The molecule has 0 aromatic carbocycles. The van der Waals surface area contributed by atoms with E-state index >= 15 is 0 Å². The van der Waals surface area contributed by atoms with Gasteiger partial charge in [-0.25, -0.2) is 0 Å². The molecule has 0 bridgehead atoms. The van der Waals surface area contributed by atoms with E-state index in [0.29, 0.717) is 32.0 Å². The van der Waals surface area contributed by atoms with Crippen molar-refractivity contribution in [3.8, 4) is 0 Å². The van der Waals surface area contributed by atoms with E-state index in [1.165, 1.54) is 0 Å². The minimum absolute atomic E-state index is 0.00158. The maximum absolute atomic E-state index is 12.4. The Bertz CT molecular complexity index is 367. The van der Waals surface area contributed by atoms with Crippen LogP contribution in [0.1, 0.15) is 32.6 Å². The zero-order valence-corrected chi connectivity index (χ0v) is 12.8. The van der Waals surface area contributed by atoms with Crippen LogP contribution in [0, 0.1) is 11.8 Å². The van der Waals surface area contributed by atoms with Gasteiger partial charge >= 0.3 is 0 Å². The SMILES string of the molecule is CC1CCNC1C(=O)N1CCC(C(=O)NCCCO)CC1. The zero-order valence-electron chi connectivity index (χ0n) is 12.8. The number of piperidine rings is 1. The second-order valence-electron chi connectivity index (χ2n) is 6.17. The van der Waals surface area contributed by atoms with Crippen LogP contribution in [-0.2, 0) is 9.59 Å². The number of rotatable bonds is 5. The summed E-state index contributed by atoms with van der Waals surface area (Å²) in [5, 5.41) is 14.8. The molecule has 120 valence electrons. The Morgan fingerprint density at radius 1 is 1.29 bits per heavy atom. The van der Waals surface area contributed by atoms with Gasteiger partial charge < -0.3 is 20.6 Å². The third-order valence-corrected chi connectivity index (χ3v) is 4.61. The van der Waals surface area contributed by atoms with Crippen molar-refractivity contribution in [2.24, 2.45) is 11.8 Å². The molecule has 2 heterocycles. The van der Waals surface area contributed by atoms with Crippen molar-refractivity contribution in [1.29, 1.82) is 0 Å². The molecule has 0 saturated carbocycles. The van der Waals surface area contributed by atoms with Gasteiger partial charge in [0.2, 0.25) is 11.8 Å². The van der Waals surface area contributed by atoms with Crippen LogP contribution >= 0.6 is 0 Å². The van der Waals surface area contributed by atoms with E-state index in [0.717, 1.165) is 25.8 Å². The van der Waals surface area contributed by atoms with Crippen LogP contribution in [0.25, 0.3) is 0 Å². The molecule has 0 aromatic heterocycles. The minimum Gasteiger partial charge on any atom is -0.396 e. The first-order valence-corrected chi connectivity index (χ1v) is 8.04. The van der Waals surface area contributed by atoms with E-state index in [-0.39, 0.29) is 30.4 Å². The van der Waals surface area contributed by atoms with Crippen LogP contribution in [0.4, 0.5) is 0 Å². The monoisotopic (exact) mass is 297 g/mol. The van der Waals surface area contributed by atoms with Crippen molar-refractivity contribution in [3.05, 3.63) is 0 Å². The normalized spacial score (nSPS) is 26.9. The Labute approximate surface area is 126 Å². The lowest BCUT2D eigenvalue weighted by Crippen LogP contribution is -2.50. The highest BCUT2D eigenvalue weighted by atomic mass is 16.3. The van der Waals surface area contributed by atoms with Gasteiger partial charge in [0.25, 0.3) is 0 Å². The topological polar surface area (TPSA) is 81.7 Å². The molecule has 2 rings (SSSR count). The summed E-state index contributed by atoms with van der Waals surface area (Å²) < 4.78 is 0. The molecule has 0 radical (unpaired) electrons. The van der Waals surface area contributed by atoms with Crippen LogP contribution in [0.15, 0.2) is 0 Å². The van der Waals surface area contributed by atoms with Crippen LogP contribution in [0.5, 0.6) is 0 Å². The van der Waals surface area contributed by atoms with E-state index in [2.05, 4.69) is 17.6 Å². The fourth-order valence-electron chi connectivity index (χ4n) is 3.16. The Balaban J connectivity index is 1.75. The van der Waals surface area contributed by atoms with Crippen molar-refractivity contribution in [2.45, 2.75) is 38.6 Å². The molecule has 2 aliphatic heterocycles.